The number of carbonyl (C=O) groups is 1. The van der Waals surface area contributed by atoms with Crippen molar-refractivity contribution in [3.63, 3.8) is 0 Å². The molecule has 0 aliphatic rings. The molecule has 0 spiro atoms. The predicted molar refractivity (Wildman–Crippen MR) is 105 cm³/mol. The standard InChI is InChI=1S/C17H19N5OS2/c1-10-5-6-12(11(2)7-10)20-13(23)8-24-16-14-15(18-9-19-16)21-17(25-14)22(3)4/h5-7,9H,8H2,1-4H3,(H,20,23). The van der Waals surface area contributed by atoms with Crippen molar-refractivity contribution in [2.75, 3.05) is 30.1 Å². The maximum atomic E-state index is 12.3. The largest absolute Gasteiger partial charge is 0.354 e. The Morgan fingerprint density at radius 1 is 1.28 bits per heavy atom. The fourth-order valence-corrected chi connectivity index (χ4v) is 4.10. The Kier molecular flexibility index (Phi) is 5.19. The fourth-order valence-electron chi connectivity index (χ4n) is 2.29. The maximum Gasteiger partial charge on any atom is 0.234 e. The van der Waals surface area contributed by atoms with Crippen molar-refractivity contribution in [1.82, 2.24) is 15.0 Å². The average Bonchev–Trinajstić information content (AvgIpc) is 3.00. The number of anilines is 2. The Morgan fingerprint density at radius 3 is 2.80 bits per heavy atom. The van der Waals surface area contributed by atoms with Crippen LogP contribution in [0.5, 0.6) is 0 Å². The number of aryl methyl sites for hydroxylation is 2. The number of amides is 1. The highest BCUT2D eigenvalue weighted by atomic mass is 32.2. The summed E-state index contributed by atoms with van der Waals surface area (Å²) in [4.78, 5) is 27.2. The monoisotopic (exact) mass is 373 g/mol. The number of nitrogens with zero attached hydrogens (tertiary/aromatic N) is 4. The van der Waals surface area contributed by atoms with Gasteiger partial charge in [0, 0.05) is 19.8 Å². The van der Waals surface area contributed by atoms with E-state index in [1.54, 1.807) is 0 Å². The van der Waals surface area contributed by atoms with Crippen LogP contribution in [-0.4, -0.2) is 40.7 Å². The third kappa shape index (κ3) is 4.08. The molecular formula is C17H19N5OS2. The van der Waals surface area contributed by atoms with E-state index in [2.05, 4.69) is 26.3 Å². The predicted octanol–water partition coefficient (Wildman–Crippen LogP) is 3.50. The first-order chi connectivity index (χ1) is 11.9. The minimum atomic E-state index is -0.0546. The number of rotatable bonds is 5. The highest BCUT2D eigenvalue weighted by Gasteiger charge is 2.14. The molecule has 2 aromatic heterocycles. The van der Waals surface area contributed by atoms with Crippen molar-refractivity contribution in [2.24, 2.45) is 0 Å². The molecule has 0 radical (unpaired) electrons. The van der Waals surface area contributed by atoms with E-state index >= 15 is 0 Å². The molecule has 0 saturated heterocycles. The lowest BCUT2D eigenvalue weighted by Gasteiger charge is -2.09. The second kappa shape index (κ2) is 7.37. The summed E-state index contributed by atoms with van der Waals surface area (Å²) in [6, 6.07) is 5.98. The van der Waals surface area contributed by atoms with Crippen LogP contribution in [0.1, 0.15) is 11.1 Å². The smallest absolute Gasteiger partial charge is 0.234 e. The molecule has 3 aromatic rings. The Hall–Kier alpha value is -2.19. The molecule has 3 rings (SSSR count). The summed E-state index contributed by atoms with van der Waals surface area (Å²) < 4.78 is 0.913. The van der Waals surface area contributed by atoms with Gasteiger partial charge in [-0.25, -0.2) is 9.97 Å². The van der Waals surface area contributed by atoms with Gasteiger partial charge in [0.25, 0.3) is 0 Å². The van der Waals surface area contributed by atoms with Crippen LogP contribution in [0.4, 0.5) is 10.8 Å². The van der Waals surface area contributed by atoms with Crippen molar-refractivity contribution < 1.29 is 4.79 Å². The van der Waals surface area contributed by atoms with Gasteiger partial charge in [-0.05, 0) is 25.5 Å². The van der Waals surface area contributed by atoms with Crippen LogP contribution in [0.25, 0.3) is 10.3 Å². The lowest BCUT2D eigenvalue weighted by atomic mass is 10.1. The van der Waals surface area contributed by atoms with E-state index in [1.807, 2.05) is 45.0 Å². The number of fused-ring (bicyclic) bond motifs is 1. The van der Waals surface area contributed by atoms with Gasteiger partial charge in [0.05, 0.1) is 5.75 Å². The van der Waals surface area contributed by atoms with Crippen LogP contribution in [0, 0.1) is 13.8 Å². The number of hydrogen-bond donors (Lipinski definition) is 1. The van der Waals surface area contributed by atoms with E-state index < -0.39 is 0 Å². The fraction of sp³-hybridized carbons (Fsp3) is 0.294. The summed E-state index contributed by atoms with van der Waals surface area (Å²) in [7, 11) is 3.88. The minimum Gasteiger partial charge on any atom is -0.354 e. The number of thiazole rings is 1. The van der Waals surface area contributed by atoms with E-state index in [1.165, 1.54) is 35.0 Å². The Morgan fingerprint density at radius 2 is 2.08 bits per heavy atom. The SMILES string of the molecule is Cc1ccc(NC(=O)CSc2ncnc3nc(N(C)C)sc23)c(C)c1. The van der Waals surface area contributed by atoms with Gasteiger partial charge < -0.3 is 10.2 Å². The highest BCUT2D eigenvalue weighted by Crippen LogP contribution is 2.32. The molecule has 25 heavy (non-hydrogen) atoms. The summed E-state index contributed by atoms with van der Waals surface area (Å²) in [6.07, 6.45) is 1.49. The van der Waals surface area contributed by atoms with Crippen LogP contribution in [0.3, 0.4) is 0 Å². The molecule has 2 heterocycles. The first-order valence-electron chi connectivity index (χ1n) is 7.73. The van der Waals surface area contributed by atoms with E-state index in [0.29, 0.717) is 5.65 Å². The molecule has 0 aliphatic heterocycles. The second-order valence-electron chi connectivity index (χ2n) is 5.88. The van der Waals surface area contributed by atoms with Gasteiger partial charge in [-0.1, -0.05) is 40.8 Å². The summed E-state index contributed by atoms with van der Waals surface area (Å²) in [5.41, 5.74) is 3.74. The molecule has 6 nitrogen and oxygen atoms in total. The number of carbonyl (C=O) groups excluding carboxylic acids is 1. The molecule has 0 fully saturated rings. The molecule has 8 heteroatoms. The summed E-state index contributed by atoms with van der Waals surface area (Å²) in [5.74, 6) is 0.232. The van der Waals surface area contributed by atoms with Gasteiger partial charge in [-0.15, -0.1) is 0 Å². The lowest BCUT2D eigenvalue weighted by molar-refractivity contribution is -0.113. The molecule has 130 valence electrons. The van der Waals surface area contributed by atoms with Crippen molar-refractivity contribution in [2.45, 2.75) is 18.9 Å². The molecule has 0 atom stereocenters. The number of hydrogen-bond acceptors (Lipinski definition) is 7. The zero-order valence-corrected chi connectivity index (χ0v) is 16.2. The Balaban J connectivity index is 1.70. The van der Waals surface area contributed by atoms with Crippen LogP contribution in [0.2, 0.25) is 0 Å². The quantitative estimate of drug-likeness (QED) is 0.545. The third-order valence-electron chi connectivity index (χ3n) is 3.53. The summed E-state index contributed by atoms with van der Waals surface area (Å²) in [6.45, 7) is 4.02. The third-order valence-corrected chi connectivity index (χ3v) is 5.86. The van der Waals surface area contributed by atoms with Crippen molar-refractivity contribution in [1.29, 1.82) is 0 Å². The second-order valence-corrected chi connectivity index (χ2v) is 7.82. The van der Waals surface area contributed by atoms with Crippen LogP contribution >= 0.6 is 23.1 Å². The Labute approximate surface area is 154 Å². The van der Waals surface area contributed by atoms with Crippen LogP contribution < -0.4 is 10.2 Å². The number of thioether (sulfide) groups is 1. The van der Waals surface area contributed by atoms with Gasteiger partial charge in [0.1, 0.15) is 16.1 Å². The Bertz CT molecular complexity index is 923. The topological polar surface area (TPSA) is 71.0 Å². The van der Waals surface area contributed by atoms with Crippen LogP contribution in [-0.2, 0) is 4.79 Å². The van der Waals surface area contributed by atoms with Crippen molar-refractivity contribution in [3.05, 3.63) is 35.7 Å². The first kappa shape index (κ1) is 17.6. The maximum absolute atomic E-state index is 12.3. The molecule has 0 aliphatic carbocycles. The van der Waals surface area contributed by atoms with E-state index in [0.717, 1.165) is 26.1 Å². The van der Waals surface area contributed by atoms with Gasteiger partial charge in [-0.2, -0.15) is 4.98 Å². The minimum absolute atomic E-state index is 0.0546. The van der Waals surface area contributed by atoms with Gasteiger partial charge in [-0.3, -0.25) is 4.79 Å². The number of aromatic nitrogens is 3. The molecule has 0 bridgehead atoms. The van der Waals surface area contributed by atoms with Gasteiger partial charge in [0.2, 0.25) is 5.91 Å². The first-order valence-corrected chi connectivity index (χ1v) is 9.53. The normalized spacial score (nSPS) is 10.9. The molecule has 0 saturated carbocycles. The van der Waals surface area contributed by atoms with Gasteiger partial charge >= 0.3 is 0 Å². The molecule has 0 unspecified atom stereocenters. The zero-order chi connectivity index (χ0) is 18.0. The summed E-state index contributed by atoms with van der Waals surface area (Å²) in [5, 5.41) is 4.61. The van der Waals surface area contributed by atoms with E-state index in [4.69, 9.17) is 0 Å². The van der Waals surface area contributed by atoms with E-state index in [9.17, 15) is 4.79 Å². The molecule has 1 N–H and O–H groups in total. The lowest BCUT2D eigenvalue weighted by Crippen LogP contribution is -2.15. The molecule has 1 aromatic carbocycles. The van der Waals surface area contributed by atoms with E-state index in [-0.39, 0.29) is 11.7 Å². The van der Waals surface area contributed by atoms with Crippen molar-refractivity contribution in [3.8, 4) is 0 Å². The van der Waals surface area contributed by atoms with Crippen LogP contribution in [0.15, 0.2) is 29.6 Å². The van der Waals surface area contributed by atoms with Crippen molar-refractivity contribution >= 4 is 50.2 Å². The zero-order valence-electron chi connectivity index (χ0n) is 14.5. The summed E-state index contributed by atoms with van der Waals surface area (Å²) >= 11 is 2.93. The average molecular weight is 374 g/mol. The molecular weight excluding hydrogens is 354 g/mol. The van der Waals surface area contributed by atoms with Gasteiger partial charge in [0.15, 0.2) is 10.8 Å². The number of benzene rings is 1. The molecule has 1 amide bonds. The number of nitrogens with one attached hydrogen (secondary N) is 1. The highest BCUT2D eigenvalue weighted by molar-refractivity contribution is 8.00.